The van der Waals surface area contributed by atoms with E-state index in [9.17, 15) is 9.35 Å². The van der Waals surface area contributed by atoms with Crippen LogP contribution in [0, 0.1) is 17.2 Å². The number of rotatable bonds is 7. The van der Waals surface area contributed by atoms with Gasteiger partial charge in [-0.1, -0.05) is 16.5 Å². The van der Waals surface area contributed by atoms with Crippen molar-refractivity contribution in [1.29, 1.82) is 5.26 Å². The van der Waals surface area contributed by atoms with Crippen LogP contribution in [0.25, 0.3) is 0 Å². The van der Waals surface area contributed by atoms with Crippen molar-refractivity contribution in [2.75, 3.05) is 7.11 Å². The summed E-state index contributed by atoms with van der Waals surface area (Å²) < 4.78 is 21.3. The van der Waals surface area contributed by atoms with Crippen LogP contribution in [0.4, 0.5) is 0 Å². The van der Waals surface area contributed by atoms with Crippen molar-refractivity contribution in [3.8, 4) is 11.8 Å². The van der Waals surface area contributed by atoms with Gasteiger partial charge < -0.3 is 14.4 Å². The van der Waals surface area contributed by atoms with Crippen LogP contribution >= 0.6 is 0 Å². The molecule has 2 unspecified atom stereocenters. The molecule has 1 rings (SSSR count). The molecule has 7 heteroatoms. The molecule has 0 amide bonds. The van der Waals surface area contributed by atoms with Gasteiger partial charge in [0.15, 0.2) is 0 Å². The number of hydrogen-bond donors (Lipinski definition) is 1. The van der Waals surface area contributed by atoms with Gasteiger partial charge >= 0.3 is 5.97 Å². The van der Waals surface area contributed by atoms with Crippen LogP contribution in [0.5, 0.6) is 5.75 Å². The van der Waals surface area contributed by atoms with E-state index in [0.29, 0.717) is 17.0 Å². The van der Waals surface area contributed by atoms with Gasteiger partial charge in [-0.25, -0.2) is 0 Å². The normalized spacial score (nSPS) is 14.6. The molecule has 0 bridgehead atoms. The second kappa shape index (κ2) is 8.71. The highest BCUT2D eigenvalue weighted by Gasteiger charge is 2.28. The molecule has 0 fully saturated rings. The Morgan fingerprint density at radius 1 is 1.50 bits per heavy atom. The minimum atomic E-state index is -1.49. The van der Waals surface area contributed by atoms with E-state index in [1.54, 1.807) is 37.4 Å². The van der Waals surface area contributed by atoms with Gasteiger partial charge in [0.1, 0.15) is 27.8 Å². The van der Waals surface area contributed by atoms with Gasteiger partial charge in [0.05, 0.1) is 18.9 Å². The molecule has 0 saturated heterocycles. The average Bonchev–Trinajstić information content (AvgIpc) is 2.52. The topological polar surface area (TPSA) is 106 Å². The first kappa shape index (κ1) is 20.0. The third kappa shape index (κ3) is 5.87. The van der Waals surface area contributed by atoms with E-state index in [1.165, 1.54) is 0 Å². The first-order valence-electron chi connectivity index (χ1n) is 7.45. The lowest BCUT2D eigenvalue weighted by Gasteiger charge is -2.19. The number of nitrogens with zero attached hydrogens (tertiary/aromatic N) is 2. The summed E-state index contributed by atoms with van der Waals surface area (Å²) in [5, 5.41) is 17.9. The first-order chi connectivity index (χ1) is 11.2. The number of methoxy groups -OCH3 is 1. The van der Waals surface area contributed by atoms with Gasteiger partial charge in [-0.05, 0) is 45.7 Å². The summed E-state index contributed by atoms with van der Waals surface area (Å²) in [7, 11) is 1.54. The summed E-state index contributed by atoms with van der Waals surface area (Å²) in [6, 6.07) is 8.86. The highest BCUT2D eigenvalue weighted by Crippen LogP contribution is 2.22. The van der Waals surface area contributed by atoms with E-state index in [1.807, 2.05) is 20.8 Å². The van der Waals surface area contributed by atoms with Crippen molar-refractivity contribution in [1.82, 2.24) is 0 Å². The Bertz CT molecular complexity index is 647. The van der Waals surface area contributed by atoms with E-state index in [0.717, 1.165) is 0 Å². The molecule has 2 atom stereocenters. The fraction of sp³-hybridized carbons (Fsp3) is 0.471. The van der Waals surface area contributed by atoms with E-state index < -0.39 is 28.0 Å². The highest BCUT2D eigenvalue weighted by atomic mass is 32.2. The largest absolute Gasteiger partial charge is 0.591 e. The molecule has 1 aromatic rings. The summed E-state index contributed by atoms with van der Waals surface area (Å²) in [5.74, 6) is -1.67. The van der Waals surface area contributed by atoms with Crippen LogP contribution in [-0.2, 0) is 16.2 Å². The molecule has 0 radical (unpaired) electrons. The number of carboxylic acid groups (broad SMARTS) is 1. The van der Waals surface area contributed by atoms with Gasteiger partial charge in [0.2, 0.25) is 0 Å². The fourth-order valence-corrected chi connectivity index (χ4v) is 2.48. The lowest BCUT2D eigenvalue weighted by molar-refractivity contribution is -0.139. The summed E-state index contributed by atoms with van der Waals surface area (Å²) >= 11 is -1.49. The van der Waals surface area contributed by atoms with Gasteiger partial charge in [-0.15, -0.1) is 0 Å². The smallest absolute Gasteiger partial charge is 0.320 e. The number of benzene rings is 1. The van der Waals surface area contributed by atoms with Crippen molar-refractivity contribution < 1.29 is 19.2 Å². The maximum atomic E-state index is 12.4. The maximum Gasteiger partial charge on any atom is 0.320 e. The van der Waals surface area contributed by atoms with Crippen LogP contribution in [0.15, 0.2) is 28.7 Å². The van der Waals surface area contributed by atoms with E-state index >= 15 is 0 Å². The Balaban J connectivity index is 3.14. The number of nitriles is 1. The standard InChI is InChI=1S/C17H22N2O4S/c1-17(2,3)24(22)19-15(9-8-13(11-18)16(20)21)12-6-5-7-14(10-12)23-4/h5-7,10,13H,8-9H2,1-4H3,(H,20,21). The molecule has 0 spiro atoms. The molecule has 1 N–H and O–H groups in total. The Labute approximate surface area is 145 Å². The summed E-state index contributed by atoms with van der Waals surface area (Å²) in [6.07, 6.45) is 0.336. The SMILES string of the molecule is COc1cccc(C(CCC(C#N)C(=O)O)=N[S+]([O-])C(C)(C)C)c1. The number of hydrogen-bond acceptors (Lipinski definition) is 5. The minimum Gasteiger partial charge on any atom is -0.591 e. The monoisotopic (exact) mass is 350 g/mol. The van der Waals surface area contributed by atoms with E-state index in [4.69, 9.17) is 15.1 Å². The second-order valence-electron chi connectivity index (χ2n) is 6.19. The van der Waals surface area contributed by atoms with Crippen LogP contribution in [0.2, 0.25) is 0 Å². The third-order valence-corrected chi connectivity index (χ3v) is 4.68. The Kier molecular flexibility index (Phi) is 7.26. The van der Waals surface area contributed by atoms with Crippen molar-refractivity contribution in [3.63, 3.8) is 0 Å². The van der Waals surface area contributed by atoms with Crippen LogP contribution in [-0.4, -0.2) is 33.2 Å². The molecule has 0 aliphatic carbocycles. The zero-order valence-corrected chi connectivity index (χ0v) is 15.1. The zero-order valence-electron chi connectivity index (χ0n) is 14.3. The molecule has 0 saturated carbocycles. The molecule has 0 aromatic heterocycles. The van der Waals surface area contributed by atoms with Crippen molar-refractivity contribution in [3.05, 3.63) is 29.8 Å². The van der Waals surface area contributed by atoms with Gasteiger partial charge in [-0.3, -0.25) is 4.79 Å². The quantitative estimate of drug-likeness (QED) is 0.601. The van der Waals surface area contributed by atoms with Crippen molar-refractivity contribution in [2.24, 2.45) is 10.3 Å². The highest BCUT2D eigenvalue weighted by molar-refractivity contribution is 7.91. The molecule has 6 nitrogen and oxygen atoms in total. The van der Waals surface area contributed by atoms with E-state index in [-0.39, 0.29) is 12.8 Å². The summed E-state index contributed by atoms with van der Waals surface area (Å²) in [6.45, 7) is 5.43. The molecule has 1 aromatic carbocycles. The lowest BCUT2D eigenvalue weighted by atomic mass is 9.99. The molecule has 24 heavy (non-hydrogen) atoms. The number of carboxylic acids is 1. The van der Waals surface area contributed by atoms with Crippen molar-refractivity contribution >= 4 is 23.0 Å². The number of carbonyl (C=O) groups is 1. The van der Waals surface area contributed by atoms with Gasteiger partial charge in [0.25, 0.3) is 0 Å². The van der Waals surface area contributed by atoms with Crippen LogP contribution in [0.3, 0.4) is 0 Å². The number of aliphatic carboxylic acids is 1. The second-order valence-corrected chi connectivity index (χ2v) is 8.10. The molecular weight excluding hydrogens is 328 g/mol. The summed E-state index contributed by atoms with van der Waals surface area (Å²) in [5.41, 5.74) is 1.21. The van der Waals surface area contributed by atoms with E-state index in [2.05, 4.69) is 4.40 Å². The Morgan fingerprint density at radius 3 is 2.67 bits per heavy atom. The molecule has 0 heterocycles. The molecule has 0 aliphatic heterocycles. The Hall–Kier alpha value is -2.04. The third-order valence-electron chi connectivity index (χ3n) is 3.24. The zero-order chi connectivity index (χ0) is 18.3. The van der Waals surface area contributed by atoms with Gasteiger partial charge in [-0.2, -0.15) is 5.26 Å². The molecule has 0 aliphatic rings. The van der Waals surface area contributed by atoms with Crippen molar-refractivity contribution in [2.45, 2.75) is 38.4 Å². The minimum absolute atomic E-state index is 0.100. The predicted octanol–water partition coefficient (Wildman–Crippen LogP) is 2.95. The predicted molar refractivity (Wildman–Crippen MR) is 93.4 cm³/mol. The molecule has 130 valence electrons. The summed E-state index contributed by atoms with van der Waals surface area (Å²) in [4.78, 5) is 11.0. The average molecular weight is 350 g/mol. The number of ether oxygens (including phenoxy) is 1. The fourth-order valence-electron chi connectivity index (χ4n) is 1.81. The van der Waals surface area contributed by atoms with Crippen LogP contribution < -0.4 is 4.74 Å². The first-order valence-corrected chi connectivity index (χ1v) is 8.56. The van der Waals surface area contributed by atoms with Gasteiger partial charge in [0, 0.05) is 5.56 Å². The van der Waals surface area contributed by atoms with Crippen LogP contribution in [0.1, 0.15) is 39.2 Å². The Morgan fingerprint density at radius 2 is 2.17 bits per heavy atom. The maximum absolute atomic E-state index is 12.4. The lowest BCUT2D eigenvalue weighted by Crippen LogP contribution is -2.27. The molecular formula is C17H22N2O4S.